The first kappa shape index (κ1) is 10.4. The Hall–Kier alpha value is -2.10. The number of carbonyl (C=O) groups is 1. The van der Waals surface area contributed by atoms with Crippen LogP contribution >= 0.6 is 11.6 Å². The molecule has 0 fully saturated rings. The molecule has 0 aliphatic heterocycles. The number of primary amides is 1. The summed E-state index contributed by atoms with van der Waals surface area (Å²) >= 11 is 5.81. The maximum Gasteiger partial charge on any atom is 0.323 e. The molecule has 1 heterocycles. The smallest absolute Gasteiger partial charge is 0.323 e. The molecule has 2 N–H and O–H groups in total. The predicted octanol–water partition coefficient (Wildman–Crippen LogP) is 2.19. The van der Waals surface area contributed by atoms with Gasteiger partial charge < -0.3 is 5.73 Å². The Morgan fingerprint density at radius 2 is 2.25 bits per heavy atom. The van der Waals surface area contributed by atoms with Crippen LogP contribution in [0, 0.1) is 0 Å². The van der Waals surface area contributed by atoms with E-state index in [0.717, 1.165) is 0 Å². The van der Waals surface area contributed by atoms with E-state index in [1.807, 2.05) is 0 Å². The Kier molecular flexibility index (Phi) is 2.48. The molecule has 2 rings (SSSR count). The van der Waals surface area contributed by atoms with Crippen LogP contribution < -0.4 is 5.73 Å². The zero-order valence-corrected chi connectivity index (χ0v) is 8.73. The van der Waals surface area contributed by atoms with Crippen LogP contribution in [0.3, 0.4) is 0 Å². The number of isocyanates is 1. The molecule has 1 amide bonds. The average Bonchev–Trinajstić information content (AvgIpc) is 2.57. The fraction of sp³-hybridized carbons (Fsp3) is 0. The first-order chi connectivity index (χ1) is 7.63. The van der Waals surface area contributed by atoms with Gasteiger partial charge >= 0.3 is 6.03 Å². The molecule has 16 heavy (non-hydrogen) atoms. The summed E-state index contributed by atoms with van der Waals surface area (Å²) in [6, 6.07) is 4.21. The third-order valence-corrected chi connectivity index (χ3v) is 2.39. The standard InChI is InChI=1S/C10H6ClN3O2/c11-6-1-2-7-8(13-5-15)4-14(10(12)16)9(7)3-6/h1-4H,(H2,12,16). The van der Waals surface area contributed by atoms with Crippen molar-refractivity contribution in [2.24, 2.45) is 10.7 Å². The Morgan fingerprint density at radius 1 is 1.50 bits per heavy atom. The Labute approximate surface area is 95.1 Å². The maximum absolute atomic E-state index is 11.1. The number of aliphatic imine (C=N–C) groups is 1. The minimum Gasteiger partial charge on any atom is -0.351 e. The molecular weight excluding hydrogens is 230 g/mol. The van der Waals surface area contributed by atoms with Crippen LogP contribution in [0.4, 0.5) is 10.5 Å². The number of aromatic nitrogens is 1. The van der Waals surface area contributed by atoms with Gasteiger partial charge in [0.1, 0.15) is 5.69 Å². The molecule has 80 valence electrons. The molecule has 0 aliphatic rings. The van der Waals surface area contributed by atoms with Crippen molar-refractivity contribution in [1.82, 2.24) is 4.57 Å². The van der Waals surface area contributed by atoms with Gasteiger partial charge in [-0.15, -0.1) is 0 Å². The van der Waals surface area contributed by atoms with Gasteiger partial charge in [-0.25, -0.2) is 9.59 Å². The van der Waals surface area contributed by atoms with Crippen LogP contribution in [0.1, 0.15) is 0 Å². The van der Waals surface area contributed by atoms with E-state index in [0.29, 0.717) is 21.6 Å². The molecule has 5 nitrogen and oxygen atoms in total. The number of hydrogen-bond donors (Lipinski definition) is 1. The monoisotopic (exact) mass is 235 g/mol. The molecule has 0 bridgehead atoms. The number of nitrogens with two attached hydrogens (primary N) is 1. The van der Waals surface area contributed by atoms with Gasteiger partial charge in [-0.3, -0.25) is 4.57 Å². The van der Waals surface area contributed by atoms with Gasteiger partial charge in [-0.2, -0.15) is 4.99 Å². The number of rotatable bonds is 1. The lowest BCUT2D eigenvalue weighted by molar-refractivity contribution is 0.251. The molecule has 0 atom stereocenters. The van der Waals surface area contributed by atoms with Crippen molar-refractivity contribution in [3.63, 3.8) is 0 Å². The zero-order chi connectivity index (χ0) is 11.7. The van der Waals surface area contributed by atoms with Crippen molar-refractivity contribution in [3.8, 4) is 0 Å². The van der Waals surface area contributed by atoms with Crippen LogP contribution in [-0.4, -0.2) is 16.7 Å². The van der Waals surface area contributed by atoms with Gasteiger partial charge in [-0.05, 0) is 18.2 Å². The Bertz CT molecular complexity index is 626. The zero-order valence-electron chi connectivity index (χ0n) is 7.98. The van der Waals surface area contributed by atoms with Crippen molar-refractivity contribution in [2.75, 3.05) is 0 Å². The second-order valence-corrected chi connectivity index (χ2v) is 3.52. The van der Waals surface area contributed by atoms with Crippen LogP contribution in [0.15, 0.2) is 29.4 Å². The lowest BCUT2D eigenvalue weighted by Crippen LogP contribution is -2.17. The van der Waals surface area contributed by atoms with Crippen LogP contribution in [-0.2, 0) is 4.79 Å². The Morgan fingerprint density at radius 3 is 2.88 bits per heavy atom. The second-order valence-electron chi connectivity index (χ2n) is 3.09. The van der Waals surface area contributed by atoms with Crippen molar-refractivity contribution in [2.45, 2.75) is 0 Å². The third kappa shape index (κ3) is 1.58. The van der Waals surface area contributed by atoms with Crippen molar-refractivity contribution < 1.29 is 9.59 Å². The van der Waals surface area contributed by atoms with Crippen LogP contribution in [0.2, 0.25) is 5.02 Å². The molecule has 6 heteroatoms. The summed E-state index contributed by atoms with van der Waals surface area (Å²) in [6.45, 7) is 0. The number of hydrogen-bond acceptors (Lipinski definition) is 3. The molecule has 0 radical (unpaired) electrons. The molecule has 0 spiro atoms. The number of fused-ring (bicyclic) bond motifs is 1. The van der Waals surface area contributed by atoms with E-state index >= 15 is 0 Å². The van der Waals surface area contributed by atoms with E-state index in [9.17, 15) is 9.59 Å². The van der Waals surface area contributed by atoms with Gasteiger partial charge in [0, 0.05) is 16.6 Å². The fourth-order valence-corrected chi connectivity index (χ4v) is 1.67. The van der Waals surface area contributed by atoms with Crippen molar-refractivity contribution in [1.29, 1.82) is 0 Å². The molecule has 0 saturated heterocycles. The number of nitrogens with zero attached hydrogens (tertiary/aromatic N) is 2. The lowest BCUT2D eigenvalue weighted by Gasteiger charge is -1.98. The summed E-state index contributed by atoms with van der Waals surface area (Å²) in [5.74, 6) is 0. The predicted molar refractivity (Wildman–Crippen MR) is 59.7 cm³/mol. The van der Waals surface area contributed by atoms with Gasteiger partial charge in [-0.1, -0.05) is 11.6 Å². The van der Waals surface area contributed by atoms with Crippen molar-refractivity contribution >= 4 is 40.3 Å². The molecule has 2 aromatic rings. The summed E-state index contributed by atoms with van der Waals surface area (Å²) in [5, 5.41) is 1.08. The number of halogens is 1. The normalized spacial score (nSPS) is 10.1. The van der Waals surface area contributed by atoms with E-state index < -0.39 is 6.03 Å². The van der Waals surface area contributed by atoms with E-state index in [1.54, 1.807) is 18.2 Å². The highest BCUT2D eigenvalue weighted by molar-refractivity contribution is 6.31. The molecule has 1 aromatic heterocycles. The number of carbonyl (C=O) groups excluding carboxylic acids is 2. The first-order valence-corrected chi connectivity index (χ1v) is 4.69. The van der Waals surface area contributed by atoms with E-state index in [1.165, 1.54) is 16.8 Å². The summed E-state index contributed by atoms with van der Waals surface area (Å²) in [7, 11) is 0. The quantitative estimate of drug-likeness (QED) is 0.607. The largest absolute Gasteiger partial charge is 0.351 e. The fourth-order valence-electron chi connectivity index (χ4n) is 1.50. The van der Waals surface area contributed by atoms with Crippen LogP contribution in [0.5, 0.6) is 0 Å². The molecule has 1 aromatic carbocycles. The van der Waals surface area contributed by atoms with E-state index in [-0.39, 0.29) is 0 Å². The SMILES string of the molecule is NC(=O)n1cc(N=C=O)c2ccc(Cl)cc21. The molecular formula is C10H6ClN3O2. The van der Waals surface area contributed by atoms with E-state index in [2.05, 4.69) is 4.99 Å². The van der Waals surface area contributed by atoms with Gasteiger partial charge in [0.05, 0.1) is 5.52 Å². The topological polar surface area (TPSA) is 77.5 Å². The number of benzene rings is 1. The average molecular weight is 236 g/mol. The summed E-state index contributed by atoms with van der Waals surface area (Å²) in [6.07, 6.45) is 2.79. The second kappa shape index (κ2) is 3.81. The van der Waals surface area contributed by atoms with Crippen molar-refractivity contribution in [3.05, 3.63) is 29.4 Å². The minimum absolute atomic E-state index is 0.334. The molecule has 0 saturated carbocycles. The Balaban J connectivity index is 2.86. The molecule has 0 aliphatic carbocycles. The van der Waals surface area contributed by atoms with Gasteiger partial charge in [0.15, 0.2) is 0 Å². The minimum atomic E-state index is -0.667. The summed E-state index contributed by atoms with van der Waals surface area (Å²) in [4.78, 5) is 24.9. The summed E-state index contributed by atoms with van der Waals surface area (Å²) < 4.78 is 1.18. The molecule has 0 unspecified atom stereocenters. The van der Waals surface area contributed by atoms with Gasteiger partial charge in [0.25, 0.3) is 0 Å². The highest BCUT2D eigenvalue weighted by Gasteiger charge is 2.11. The van der Waals surface area contributed by atoms with E-state index in [4.69, 9.17) is 17.3 Å². The van der Waals surface area contributed by atoms with Gasteiger partial charge in [0.2, 0.25) is 6.08 Å². The highest BCUT2D eigenvalue weighted by atomic mass is 35.5. The summed E-state index contributed by atoms with van der Waals surface area (Å²) in [5.41, 5.74) is 6.02. The third-order valence-electron chi connectivity index (χ3n) is 2.15. The highest BCUT2D eigenvalue weighted by Crippen LogP contribution is 2.29. The maximum atomic E-state index is 11.1. The lowest BCUT2D eigenvalue weighted by atomic mass is 10.2. The van der Waals surface area contributed by atoms with Crippen LogP contribution in [0.25, 0.3) is 10.9 Å². The first-order valence-electron chi connectivity index (χ1n) is 4.32. The number of amides is 1.